The molecule has 0 saturated carbocycles. The van der Waals surface area contributed by atoms with Crippen LogP contribution in [-0.2, 0) is 6.73 Å². The number of nitro groups is 1. The molecule has 33 heavy (non-hydrogen) atoms. The molecule has 0 radical (unpaired) electrons. The molecule has 1 aromatic heterocycles. The van der Waals surface area contributed by atoms with Gasteiger partial charge in [0.25, 0.3) is 11.6 Å². The van der Waals surface area contributed by atoms with E-state index in [0.29, 0.717) is 11.5 Å². The van der Waals surface area contributed by atoms with Crippen LogP contribution in [0, 0.1) is 10.1 Å². The molecule has 166 valence electrons. The predicted octanol–water partition coefficient (Wildman–Crippen LogP) is 4.76. The maximum absolute atomic E-state index is 12.5. The summed E-state index contributed by atoms with van der Waals surface area (Å²) in [6.07, 6.45) is 1.59. The van der Waals surface area contributed by atoms with Crippen LogP contribution in [0.25, 0.3) is 11.1 Å². The minimum Gasteiger partial charge on any atom is -0.496 e. The fourth-order valence-corrected chi connectivity index (χ4v) is 3.15. The van der Waals surface area contributed by atoms with E-state index >= 15 is 0 Å². The number of rotatable bonds is 8. The van der Waals surface area contributed by atoms with Crippen LogP contribution in [0.2, 0.25) is 0 Å². The Hall–Kier alpha value is -4.66. The number of nitrogens with zero attached hydrogens (tertiary/aromatic N) is 3. The van der Waals surface area contributed by atoms with E-state index in [0.717, 1.165) is 11.1 Å². The minimum absolute atomic E-state index is 0.0510. The van der Waals surface area contributed by atoms with Gasteiger partial charge in [-0.2, -0.15) is 5.10 Å². The first kappa shape index (κ1) is 21.6. The molecule has 0 aliphatic carbocycles. The molecule has 1 amide bonds. The molecule has 0 atom stereocenters. The summed E-state index contributed by atoms with van der Waals surface area (Å²) < 4.78 is 12.2. The Morgan fingerprint density at radius 1 is 1.00 bits per heavy atom. The second kappa shape index (κ2) is 9.65. The molecule has 4 aromatic rings. The Morgan fingerprint density at radius 3 is 2.39 bits per heavy atom. The summed E-state index contributed by atoms with van der Waals surface area (Å²) in [7, 11) is 1.41. The lowest BCUT2D eigenvalue weighted by molar-refractivity contribution is -0.384. The van der Waals surface area contributed by atoms with Crippen molar-refractivity contribution in [3.8, 4) is 22.6 Å². The van der Waals surface area contributed by atoms with Crippen molar-refractivity contribution in [2.24, 2.45) is 0 Å². The summed E-state index contributed by atoms with van der Waals surface area (Å²) in [6, 6.07) is 23.4. The Morgan fingerprint density at radius 2 is 1.70 bits per heavy atom. The second-order valence-corrected chi connectivity index (χ2v) is 7.00. The standard InChI is InChI=1S/C24H20N4O5/c1-32-20-11-12-21(23(15-20)28(30)31)25-24(29)22-13-14-27(26-22)16-33-19-9-7-18(8-10-19)17-5-3-2-4-6-17/h2-15H,16H2,1H3,(H,25,29). The van der Waals surface area contributed by atoms with Gasteiger partial charge in [-0.15, -0.1) is 0 Å². The van der Waals surface area contributed by atoms with Crippen molar-refractivity contribution >= 4 is 17.3 Å². The SMILES string of the molecule is COc1ccc(NC(=O)c2ccn(COc3ccc(-c4ccccc4)cc3)n2)c([N+](=O)[O-])c1. The first-order valence-electron chi connectivity index (χ1n) is 9.99. The Balaban J connectivity index is 1.38. The quantitative estimate of drug-likeness (QED) is 0.310. The van der Waals surface area contributed by atoms with E-state index < -0.39 is 10.8 Å². The van der Waals surface area contributed by atoms with Crippen LogP contribution in [0.5, 0.6) is 11.5 Å². The summed E-state index contributed by atoms with van der Waals surface area (Å²) in [4.78, 5) is 23.2. The van der Waals surface area contributed by atoms with Gasteiger partial charge in [0, 0.05) is 6.20 Å². The fraction of sp³-hybridized carbons (Fsp3) is 0.0833. The number of hydrogen-bond acceptors (Lipinski definition) is 6. The molecule has 1 N–H and O–H groups in total. The Labute approximate surface area is 189 Å². The van der Waals surface area contributed by atoms with E-state index in [4.69, 9.17) is 9.47 Å². The van der Waals surface area contributed by atoms with Crippen molar-refractivity contribution < 1.29 is 19.2 Å². The summed E-state index contributed by atoms with van der Waals surface area (Å²) in [5, 5.41) is 18.0. The van der Waals surface area contributed by atoms with E-state index in [2.05, 4.69) is 10.4 Å². The fourth-order valence-electron chi connectivity index (χ4n) is 3.15. The lowest BCUT2D eigenvalue weighted by atomic mass is 10.1. The average Bonchev–Trinajstić information content (AvgIpc) is 3.33. The lowest BCUT2D eigenvalue weighted by Crippen LogP contribution is -2.15. The van der Waals surface area contributed by atoms with Gasteiger partial charge < -0.3 is 14.8 Å². The van der Waals surface area contributed by atoms with Crippen molar-refractivity contribution in [2.75, 3.05) is 12.4 Å². The first-order valence-corrected chi connectivity index (χ1v) is 9.99. The second-order valence-electron chi connectivity index (χ2n) is 7.00. The van der Waals surface area contributed by atoms with Crippen LogP contribution >= 0.6 is 0 Å². The monoisotopic (exact) mass is 444 g/mol. The molecule has 1 heterocycles. The van der Waals surface area contributed by atoms with Gasteiger partial charge in [0.1, 0.15) is 17.2 Å². The highest BCUT2D eigenvalue weighted by molar-refractivity contribution is 6.04. The zero-order valence-corrected chi connectivity index (χ0v) is 17.7. The van der Waals surface area contributed by atoms with Crippen molar-refractivity contribution in [2.45, 2.75) is 6.73 Å². The molecular formula is C24H20N4O5. The van der Waals surface area contributed by atoms with E-state index in [1.54, 1.807) is 6.20 Å². The number of anilines is 1. The summed E-state index contributed by atoms with van der Waals surface area (Å²) >= 11 is 0. The molecule has 0 unspecified atom stereocenters. The van der Waals surface area contributed by atoms with E-state index in [1.807, 2.05) is 54.6 Å². The van der Waals surface area contributed by atoms with Crippen molar-refractivity contribution in [1.82, 2.24) is 9.78 Å². The highest BCUT2D eigenvalue weighted by atomic mass is 16.6. The number of carbonyl (C=O) groups is 1. The lowest BCUT2D eigenvalue weighted by Gasteiger charge is -2.08. The first-order chi connectivity index (χ1) is 16.0. The molecule has 4 rings (SSSR count). The van der Waals surface area contributed by atoms with Gasteiger partial charge in [0.15, 0.2) is 12.4 Å². The third-order valence-electron chi connectivity index (χ3n) is 4.85. The number of nitro benzene ring substituents is 1. The molecule has 0 spiro atoms. The van der Waals surface area contributed by atoms with Gasteiger partial charge in [0.05, 0.1) is 18.1 Å². The van der Waals surface area contributed by atoms with E-state index in [9.17, 15) is 14.9 Å². The van der Waals surface area contributed by atoms with Crippen LogP contribution in [0.1, 0.15) is 10.5 Å². The average molecular weight is 444 g/mol. The zero-order valence-electron chi connectivity index (χ0n) is 17.7. The number of nitrogens with one attached hydrogen (secondary N) is 1. The minimum atomic E-state index is -0.590. The maximum atomic E-state index is 12.5. The number of benzene rings is 3. The summed E-state index contributed by atoms with van der Waals surface area (Å²) in [6.45, 7) is 0.0979. The number of ether oxygens (including phenoxy) is 2. The maximum Gasteiger partial charge on any atom is 0.296 e. The number of carbonyl (C=O) groups excluding carboxylic acids is 1. The molecule has 0 bridgehead atoms. The van der Waals surface area contributed by atoms with E-state index in [1.165, 1.54) is 36.1 Å². The van der Waals surface area contributed by atoms with Gasteiger partial charge in [-0.05, 0) is 41.5 Å². The van der Waals surface area contributed by atoms with Crippen LogP contribution in [-0.4, -0.2) is 27.7 Å². The molecule has 0 fully saturated rings. The third kappa shape index (κ3) is 5.16. The van der Waals surface area contributed by atoms with Crippen molar-refractivity contribution in [3.63, 3.8) is 0 Å². The van der Waals surface area contributed by atoms with Crippen LogP contribution < -0.4 is 14.8 Å². The van der Waals surface area contributed by atoms with Gasteiger partial charge in [-0.25, -0.2) is 4.68 Å². The molecule has 9 nitrogen and oxygen atoms in total. The van der Waals surface area contributed by atoms with Gasteiger partial charge in [-0.1, -0.05) is 42.5 Å². The summed E-state index contributed by atoms with van der Waals surface area (Å²) in [5.41, 5.74) is 2.07. The van der Waals surface area contributed by atoms with E-state index in [-0.39, 0.29) is 23.8 Å². The predicted molar refractivity (Wildman–Crippen MR) is 122 cm³/mol. The Kier molecular flexibility index (Phi) is 6.31. The highest BCUT2D eigenvalue weighted by Crippen LogP contribution is 2.29. The van der Waals surface area contributed by atoms with Crippen LogP contribution in [0.15, 0.2) is 85.1 Å². The summed E-state index contributed by atoms with van der Waals surface area (Å²) in [5.74, 6) is 0.400. The number of amides is 1. The van der Waals surface area contributed by atoms with Gasteiger partial charge in [-0.3, -0.25) is 14.9 Å². The molecule has 3 aromatic carbocycles. The smallest absolute Gasteiger partial charge is 0.296 e. The normalized spacial score (nSPS) is 10.5. The molecule has 0 aliphatic rings. The van der Waals surface area contributed by atoms with Crippen molar-refractivity contribution in [1.29, 1.82) is 0 Å². The molecule has 9 heteroatoms. The largest absolute Gasteiger partial charge is 0.496 e. The Bertz CT molecular complexity index is 1270. The number of hydrogen-bond donors (Lipinski definition) is 1. The highest BCUT2D eigenvalue weighted by Gasteiger charge is 2.19. The zero-order chi connectivity index (χ0) is 23.2. The van der Waals surface area contributed by atoms with Crippen LogP contribution in [0.3, 0.4) is 0 Å². The molecular weight excluding hydrogens is 424 g/mol. The van der Waals surface area contributed by atoms with Crippen LogP contribution in [0.4, 0.5) is 11.4 Å². The number of methoxy groups -OCH3 is 1. The van der Waals surface area contributed by atoms with Crippen molar-refractivity contribution in [3.05, 3.63) is 101 Å². The molecule has 0 aliphatic heterocycles. The third-order valence-corrected chi connectivity index (χ3v) is 4.85. The van der Waals surface area contributed by atoms with Gasteiger partial charge >= 0.3 is 0 Å². The van der Waals surface area contributed by atoms with Gasteiger partial charge in [0.2, 0.25) is 0 Å². The topological polar surface area (TPSA) is 109 Å². The molecule has 0 saturated heterocycles. The number of aromatic nitrogens is 2.